The minimum absolute atomic E-state index is 0.0756. The number of hydrogen-bond donors (Lipinski definition) is 2. The standard InChI is InChI=1S/C30H31BrN2O4/c1-17(2)37-20-11-9-18(10-12-20)19-13-25-29(26(34)14-19)30(33-24-8-6-5-7-23(24)32-25)21-15-27(35-3)28(36-4)16-22(21)31/h5-12,15-17,19,30,32-33H,13-14H2,1-4H3. The Morgan fingerprint density at radius 1 is 0.919 bits per heavy atom. The number of para-hydroxylation sites is 2. The number of fused-ring (bicyclic) bond motifs is 1. The van der Waals surface area contributed by atoms with E-state index in [9.17, 15) is 4.79 Å². The van der Waals surface area contributed by atoms with Crippen LogP contribution in [0.25, 0.3) is 0 Å². The highest BCUT2D eigenvalue weighted by Crippen LogP contribution is 2.47. The molecule has 2 N–H and O–H groups in total. The lowest BCUT2D eigenvalue weighted by Crippen LogP contribution is -2.27. The zero-order valence-corrected chi connectivity index (χ0v) is 23.0. The smallest absolute Gasteiger partial charge is 0.163 e. The lowest BCUT2D eigenvalue weighted by Gasteiger charge is -2.30. The van der Waals surface area contributed by atoms with Gasteiger partial charge in [-0.05, 0) is 73.7 Å². The van der Waals surface area contributed by atoms with Gasteiger partial charge in [-0.25, -0.2) is 0 Å². The number of Topliss-reactive ketones (excluding diaryl/α,β-unsaturated/α-hetero) is 1. The van der Waals surface area contributed by atoms with Gasteiger partial charge in [-0.3, -0.25) is 4.79 Å². The van der Waals surface area contributed by atoms with Crippen LogP contribution in [0.5, 0.6) is 17.2 Å². The Hall–Kier alpha value is -3.45. The second-order valence-corrected chi connectivity index (χ2v) is 10.5. The van der Waals surface area contributed by atoms with Crippen molar-refractivity contribution < 1.29 is 19.0 Å². The van der Waals surface area contributed by atoms with Crippen molar-refractivity contribution >= 4 is 33.1 Å². The monoisotopic (exact) mass is 562 g/mol. The number of halogens is 1. The number of nitrogens with one attached hydrogen (secondary N) is 2. The van der Waals surface area contributed by atoms with Crippen molar-refractivity contribution in [3.05, 3.63) is 87.5 Å². The number of methoxy groups -OCH3 is 2. The molecule has 3 aromatic carbocycles. The maximum Gasteiger partial charge on any atom is 0.163 e. The predicted octanol–water partition coefficient (Wildman–Crippen LogP) is 7.23. The van der Waals surface area contributed by atoms with Crippen LogP contribution in [-0.4, -0.2) is 26.1 Å². The van der Waals surface area contributed by atoms with Crippen LogP contribution in [0.15, 0.2) is 76.4 Å². The van der Waals surface area contributed by atoms with E-state index in [0.29, 0.717) is 17.9 Å². The fraction of sp³-hybridized carbons (Fsp3) is 0.300. The van der Waals surface area contributed by atoms with E-state index in [1.807, 2.05) is 62.4 Å². The molecule has 0 aromatic heterocycles. The third-order valence-corrected chi connectivity index (χ3v) is 7.53. The van der Waals surface area contributed by atoms with Gasteiger partial charge in [0.05, 0.1) is 37.7 Å². The third kappa shape index (κ3) is 5.05. The van der Waals surface area contributed by atoms with Gasteiger partial charge in [-0.1, -0.05) is 40.2 Å². The second-order valence-electron chi connectivity index (χ2n) is 9.63. The highest BCUT2D eigenvalue weighted by Gasteiger charge is 2.37. The van der Waals surface area contributed by atoms with Gasteiger partial charge in [0.1, 0.15) is 5.75 Å². The molecule has 6 nitrogen and oxygen atoms in total. The first-order chi connectivity index (χ1) is 17.9. The van der Waals surface area contributed by atoms with Crippen LogP contribution >= 0.6 is 15.9 Å². The third-order valence-electron chi connectivity index (χ3n) is 6.85. The van der Waals surface area contributed by atoms with Gasteiger partial charge in [0, 0.05) is 22.2 Å². The van der Waals surface area contributed by atoms with Crippen molar-refractivity contribution in [2.24, 2.45) is 0 Å². The summed E-state index contributed by atoms with van der Waals surface area (Å²) in [5, 5.41) is 7.23. The van der Waals surface area contributed by atoms with Crippen molar-refractivity contribution in [2.45, 2.75) is 44.8 Å². The van der Waals surface area contributed by atoms with Gasteiger partial charge in [-0.15, -0.1) is 0 Å². The topological polar surface area (TPSA) is 68.8 Å². The summed E-state index contributed by atoms with van der Waals surface area (Å²) in [5.41, 5.74) is 5.61. The molecule has 0 spiro atoms. The van der Waals surface area contributed by atoms with Crippen molar-refractivity contribution in [1.29, 1.82) is 0 Å². The Balaban J connectivity index is 1.57. The highest BCUT2D eigenvalue weighted by molar-refractivity contribution is 9.10. The highest BCUT2D eigenvalue weighted by atomic mass is 79.9. The van der Waals surface area contributed by atoms with Crippen molar-refractivity contribution in [3.63, 3.8) is 0 Å². The number of ketones is 1. The van der Waals surface area contributed by atoms with Gasteiger partial charge >= 0.3 is 0 Å². The molecule has 7 heteroatoms. The number of carbonyl (C=O) groups excluding carboxylic acids is 1. The molecule has 0 amide bonds. The largest absolute Gasteiger partial charge is 0.493 e. The zero-order valence-electron chi connectivity index (χ0n) is 21.4. The van der Waals surface area contributed by atoms with Crippen LogP contribution in [0.1, 0.15) is 49.8 Å². The van der Waals surface area contributed by atoms with E-state index in [0.717, 1.165) is 50.4 Å². The van der Waals surface area contributed by atoms with Crippen LogP contribution < -0.4 is 24.8 Å². The van der Waals surface area contributed by atoms with E-state index in [2.05, 4.69) is 38.7 Å². The Morgan fingerprint density at radius 3 is 2.27 bits per heavy atom. The first kappa shape index (κ1) is 25.2. The molecule has 2 atom stereocenters. The van der Waals surface area contributed by atoms with Crippen LogP contribution in [0.2, 0.25) is 0 Å². The number of hydrogen-bond acceptors (Lipinski definition) is 6. The molecule has 0 radical (unpaired) electrons. The first-order valence-corrected chi connectivity index (χ1v) is 13.2. The quantitative estimate of drug-likeness (QED) is 0.330. The molecular formula is C30H31BrN2O4. The number of anilines is 2. The minimum atomic E-state index is -0.365. The molecule has 1 aliphatic carbocycles. The Morgan fingerprint density at radius 2 is 1.59 bits per heavy atom. The number of allylic oxidation sites excluding steroid dienone is 1. The fourth-order valence-corrected chi connectivity index (χ4v) is 5.69. The SMILES string of the molecule is COc1cc(Br)c(C2Nc3ccccc3NC3=C2C(=O)CC(c2ccc(OC(C)C)cc2)C3)cc1OC. The summed E-state index contributed by atoms with van der Waals surface area (Å²) >= 11 is 3.72. The van der Waals surface area contributed by atoms with E-state index >= 15 is 0 Å². The summed E-state index contributed by atoms with van der Waals surface area (Å²) in [6, 6.07) is 19.6. The van der Waals surface area contributed by atoms with E-state index in [-0.39, 0.29) is 23.8 Å². The number of rotatable bonds is 6. The predicted molar refractivity (Wildman–Crippen MR) is 150 cm³/mol. The molecule has 37 heavy (non-hydrogen) atoms. The van der Waals surface area contributed by atoms with Crippen LogP contribution in [0.4, 0.5) is 11.4 Å². The van der Waals surface area contributed by atoms with Crippen LogP contribution in [-0.2, 0) is 4.79 Å². The van der Waals surface area contributed by atoms with Gasteiger partial charge in [0.2, 0.25) is 0 Å². The Kier molecular flexibility index (Phi) is 7.15. The molecule has 192 valence electrons. The molecule has 2 aliphatic rings. The van der Waals surface area contributed by atoms with E-state index in [1.165, 1.54) is 0 Å². The lowest BCUT2D eigenvalue weighted by atomic mass is 9.78. The van der Waals surface area contributed by atoms with E-state index in [4.69, 9.17) is 14.2 Å². The van der Waals surface area contributed by atoms with Gasteiger partial charge in [0.15, 0.2) is 17.3 Å². The summed E-state index contributed by atoms with van der Waals surface area (Å²) in [4.78, 5) is 13.9. The molecular weight excluding hydrogens is 532 g/mol. The number of ether oxygens (including phenoxy) is 3. The van der Waals surface area contributed by atoms with Crippen molar-refractivity contribution in [3.8, 4) is 17.2 Å². The maximum atomic E-state index is 13.9. The maximum absolute atomic E-state index is 13.9. The average molecular weight is 563 g/mol. The molecule has 3 aromatic rings. The zero-order chi connectivity index (χ0) is 26.1. The molecule has 0 saturated carbocycles. The first-order valence-electron chi connectivity index (χ1n) is 12.4. The van der Waals surface area contributed by atoms with E-state index < -0.39 is 0 Å². The summed E-state index contributed by atoms with van der Waals surface area (Å²) < 4.78 is 17.7. The van der Waals surface area contributed by atoms with Gasteiger partial charge < -0.3 is 24.8 Å². The molecule has 5 rings (SSSR count). The fourth-order valence-electron chi connectivity index (χ4n) is 5.14. The van der Waals surface area contributed by atoms with Crippen LogP contribution in [0, 0.1) is 0 Å². The average Bonchev–Trinajstić information content (AvgIpc) is 3.05. The van der Waals surface area contributed by atoms with Gasteiger partial charge in [-0.2, -0.15) is 0 Å². The number of benzene rings is 3. The van der Waals surface area contributed by atoms with E-state index in [1.54, 1.807) is 14.2 Å². The Labute approximate surface area is 226 Å². The second kappa shape index (κ2) is 10.5. The summed E-state index contributed by atoms with van der Waals surface area (Å²) in [7, 11) is 3.23. The van der Waals surface area contributed by atoms with Crippen LogP contribution in [0.3, 0.4) is 0 Å². The molecule has 0 saturated heterocycles. The van der Waals surface area contributed by atoms with Crippen molar-refractivity contribution in [1.82, 2.24) is 0 Å². The summed E-state index contributed by atoms with van der Waals surface area (Å²) in [6.45, 7) is 4.02. The van der Waals surface area contributed by atoms with Crippen molar-refractivity contribution in [2.75, 3.05) is 24.9 Å². The Bertz CT molecular complexity index is 1350. The van der Waals surface area contributed by atoms with Gasteiger partial charge in [0.25, 0.3) is 0 Å². The summed E-state index contributed by atoms with van der Waals surface area (Å²) in [6.07, 6.45) is 1.28. The molecule has 1 aliphatic heterocycles. The molecule has 0 fully saturated rings. The number of carbonyl (C=O) groups is 1. The molecule has 2 unspecified atom stereocenters. The lowest BCUT2D eigenvalue weighted by molar-refractivity contribution is -0.116. The summed E-state index contributed by atoms with van der Waals surface area (Å²) in [5.74, 6) is 2.27. The molecule has 0 bridgehead atoms. The minimum Gasteiger partial charge on any atom is -0.493 e. The molecule has 1 heterocycles. The normalized spacial score (nSPS) is 18.8.